The van der Waals surface area contributed by atoms with Crippen molar-refractivity contribution in [2.24, 2.45) is 5.92 Å². The molecule has 4 N–H and O–H groups in total. The fourth-order valence-electron chi connectivity index (χ4n) is 3.68. The van der Waals surface area contributed by atoms with Crippen molar-refractivity contribution in [3.8, 4) is 0 Å². The number of hydrogen-bond acceptors (Lipinski definition) is 4. The molecule has 8 heteroatoms. The first-order valence-electron chi connectivity index (χ1n) is 9.44. The van der Waals surface area contributed by atoms with Gasteiger partial charge in [0.2, 0.25) is 0 Å². The zero-order valence-corrected chi connectivity index (χ0v) is 16.0. The number of nitrogens with zero attached hydrogens (tertiary/aromatic N) is 1. The molecule has 2 fully saturated rings. The third-order valence-electron chi connectivity index (χ3n) is 5.16. The van der Waals surface area contributed by atoms with Crippen molar-refractivity contribution in [1.29, 1.82) is 0 Å². The summed E-state index contributed by atoms with van der Waals surface area (Å²) in [6, 6.07) is 10.4. The molecule has 1 aliphatic carbocycles. The van der Waals surface area contributed by atoms with Crippen LogP contribution in [0.3, 0.4) is 0 Å². The minimum absolute atomic E-state index is 0.183. The second-order valence-electron chi connectivity index (χ2n) is 7.16. The van der Waals surface area contributed by atoms with Gasteiger partial charge < -0.3 is 21.3 Å². The van der Waals surface area contributed by atoms with Crippen LogP contribution in [0, 0.1) is 5.92 Å². The SMILES string of the molecule is O=C(Nc1cccc(C(=O)Nc2ccc(Cl)cn2)c1)NC1C2CCCCNC21. The molecule has 1 saturated heterocycles. The zero-order valence-electron chi connectivity index (χ0n) is 15.2. The maximum Gasteiger partial charge on any atom is 0.319 e. The van der Waals surface area contributed by atoms with Crippen LogP contribution in [0.1, 0.15) is 29.6 Å². The average molecular weight is 400 g/mol. The molecule has 3 unspecified atom stereocenters. The van der Waals surface area contributed by atoms with E-state index in [1.165, 1.54) is 19.0 Å². The van der Waals surface area contributed by atoms with Gasteiger partial charge in [-0.05, 0) is 55.6 Å². The Balaban J connectivity index is 1.33. The van der Waals surface area contributed by atoms with Crippen LogP contribution in [0.25, 0.3) is 0 Å². The number of benzene rings is 1. The Bertz CT molecular complexity index is 861. The molecule has 1 aliphatic heterocycles. The highest BCUT2D eigenvalue weighted by Crippen LogP contribution is 2.37. The number of nitrogens with one attached hydrogen (secondary N) is 4. The van der Waals surface area contributed by atoms with Crippen LogP contribution < -0.4 is 21.3 Å². The average Bonchev–Trinajstić information content (AvgIpc) is 3.39. The Hall–Kier alpha value is -2.64. The van der Waals surface area contributed by atoms with Gasteiger partial charge in [0, 0.05) is 23.5 Å². The number of pyridine rings is 1. The summed E-state index contributed by atoms with van der Waals surface area (Å²) in [4.78, 5) is 28.8. The van der Waals surface area contributed by atoms with Crippen molar-refractivity contribution < 1.29 is 9.59 Å². The molecule has 1 aromatic carbocycles. The summed E-state index contributed by atoms with van der Waals surface area (Å²) in [6.45, 7) is 1.01. The van der Waals surface area contributed by atoms with Crippen LogP contribution in [-0.2, 0) is 0 Å². The molecule has 0 spiro atoms. The first-order valence-corrected chi connectivity index (χ1v) is 9.82. The topological polar surface area (TPSA) is 95.2 Å². The smallest absolute Gasteiger partial charge is 0.319 e. The van der Waals surface area contributed by atoms with Crippen LogP contribution >= 0.6 is 11.6 Å². The third kappa shape index (κ3) is 4.43. The summed E-state index contributed by atoms with van der Waals surface area (Å²) < 4.78 is 0. The van der Waals surface area contributed by atoms with Crippen LogP contribution in [0.15, 0.2) is 42.6 Å². The van der Waals surface area contributed by atoms with Gasteiger partial charge in [0.05, 0.1) is 11.1 Å². The van der Waals surface area contributed by atoms with Crippen molar-refractivity contribution in [2.75, 3.05) is 17.2 Å². The number of aromatic nitrogens is 1. The number of anilines is 2. The third-order valence-corrected chi connectivity index (χ3v) is 5.39. The van der Waals surface area contributed by atoms with E-state index < -0.39 is 0 Å². The van der Waals surface area contributed by atoms with Gasteiger partial charge in [-0.15, -0.1) is 0 Å². The van der Waals surface area contributed by atoms with Gasteiger partial charge in [0.15, 0.2) is 0 Å². The van der Waals surface area contributed by atoms with Gasteiger partial charge in [-0.25, -0.2) is 9.78 Å². The summed E-state index contributed by atoms with van der Waals surface area (Å²) >= 11 is 5.80. The van der Waals surface area contributed by atoms with Gasteiger partial charge in [-0.1, -0.05) is 24.1 Å². The predicted octanol–water partition coefficient (Wildman–Crippen LogP) is 3.25. The molecule has 0 bridgehead atoms. The molecule has 7 nitrogen and oxygen atoms in total. The number of fused-ring (bicyclic) bond motifs is 1. The Morgan fingerprint density at radius 1 is 1.14 bits per heavy atom. The molecule has 1 saturated carbocycles. The second kappa shape index (κ2) is 8.16. The molecule has 3 amide bonds. The van der Waals surface area contributed by atoms with E-state index in [4.69, 9.17) is 11.6 Å². The van der Waals surface area contributed by atoms with Crippen molar-refractivity contribution in [3.05, 3.63) is 53.2 Å². The molecule has 1 aromatic heterocycles. The summed E-state index contributed by atoms with van der Waals surface area (Å²) in [7, 11) is 0. The Kier molecular flexibility index (Phi) is 5.45. The number of halogens is 1. The van der Waals surface area contributed by atoms with E-state index in [-0.39, 0.29) is 18.0 Å². The van der Waals surface area contributed by atoms with E-state index in [0.717, 1.165) is 13.0 Å². The molecule has 28 heavy (non-hydrogen) atoms. The maximum absolute atomic E-state index is 12.4. The largest absolute Gasteiger partial charge is 0.333 e. The summed E-state index contributed by atoms with van der Waals surface area (Å²) in [5.74, 6) is 0.620. The lowest BCUT2D eigenvalue weighted by molar-refractivity contribution is 0.102. The fourth-order valence-corrected chi connectivity index (χ4v) is 3.79. The molecule has 0 radical (unpaired) electrons. The van der Waals surface area contributed by atoms with E-state index in [1.54, 1.807) is 36.4 Å². The van der Waals surface area contributed by atoms with Gasteiger partial charge >= 0.3 is 6.03 Å². The van der Waals surface area contributed by atoms with E-state index in [2.05, 4.69) is 26.3 Å². The zero-order chi connectivity index (χ0) is 19.5. The number of carbonyl (C=O) groups is 2. The van der Waals surface area contributed by atoms with Crippen molar-refractivity contribution >= 4 is 35.0 Å². The number of amides is 3. The molecule has 2 heterocycles. The van der Waals surface area contributed by atoms with E-state index >= 15 is 0 Å². The maximum atomic E-state index is 12.4. The predicted molar refractivity (Wildman–Crippen MR) is 109 cm³/mol. The Labute approximate surface area is 168 Å². The van der Waals surface area contributed by atoms with Gasteiger partial charge in [0.25, 0.3) is 5.91 Å². The standard InChI is InChI=1S/C20H22ClN5O2/c21-13-7-8-16(23-11-13)25-19(27)12-4-3-5-14(10-12)24-20(28)26-18-15-6-1-2-9-22-17(15)18/h3-5,7-8,10-11,15,17-18,22H,1-2,6,9H2,(H,23,25,27)(H2,24,26,28). The Morgan fingerprint density at radius 2 is 2.04 bits per heavy atom. The van der Waals surface area contributed by atoms with E-state index in [0.29, 0.717) is 34.1 Å². The summed E-state index contributed by atoms with van der Waals surface area (Å²) in [6.07, 6.45) is 5.02. The minimum atomic E-state index is -0.312. The Morgan fingerprint density at radius 3 is 2.86 bits per heavy atom. The molecule has 4 rings (SSSR count). The fraction of sp³-hybridized carbons (Fsp3) is 0.350. The normalized spacial score (nSPS) is 23.1. The molecular formula is C20H22ClN5O2. The van der Waals surface area contributed by atoms with Crippen LogP contribution in [0.2, 0.25) is 5.02 Å². The van der Waals surface area contributed by atoms with Crippen LogP contribution in [0.4, 0.5) is 16.3 Å². The highest BCUT2D eigenvalue weighted by Gasteiger charge is 2.50. The quantitative estimate of drug-likeness (QED) is 0.634. The van der Waals surface area contributed by atoms with Gasteiger partial charge in [-0.3, -0.25) is 4.79 Å². The molecule has 3 atom stereocenters. The van der Waals surface area contributed by atoms with Crippen molar-refractivity contribution in [3.63, 3.8) is 0 Å². The first kappa shape index (κ1) is 18.7. The lowest BCUT2D eigenvalue weighted by atomic mass is 10.2. The monoisotopic (exact) mass is 399 g/mol. The number of hydrogen-bond donors (Lipinski definition) is 4. The lowest BCUT2D eigenvalue weighted by Crippen LogP contribution is -2.35. The van der Waals surface area contributed by atoms with Crippen LogP contribution in [-0.4, -0.2) is 35.6 Å². The minimum Gasteiger partial charge on any atom is -0.333 e. The second-order valence-corrected chi connectivity index (χ2v) is 7.60. The van der Waals surface area contributed by atoms with E-state index in [9.17, 15) is 9.59 Å². The molecule has 2 aromatic rings. The molecule has 146 valence electrons. The van der Waals surface area contributed by atoms with Crippen molar-refractivity contribution in [1.82, 2.24) is 15.6 Å². The number of urea groups is 1. The summed E-state index contributed by atoms with van der Waals surface area (Å²) in [5, 5.41) is 12.5. The lowest BCUT2D eigenvalue weighted by Gasteiger charge is -2.10. The number of rotatable bonds is 4. The highest BCUT2D eigenvalue weighted by molar-refractivity contribution is 6.30. The summed E-state index contributed by atoms with van der Waals surface area (Å²) in [5.41, 5.74) is 0.982. The van der Waals surface area contributed by atoms with Gasteiger partial charge in [0.1, 0.15) is 5.82 Å². The number of carbonyl (C=O) groups excluding carboxylic acids is 2. The van der Waals surface area contributed by atoms with Crippen LogP contribution in [0.5, 0.6) is 0 Å². The van der Waals surface area contributed by atoms with E-state index in [1.807, 2.05) is 0 Å². The first-order chi connectivity index (χ1) is 13.6. The molecule has 2 aliphatic rings. The van der Waals surface area contributed by atoms with Gasteiger partial charge in [-0.2, -0.15) is 0 Å². The highest BCUT2D eigenvalue weighted by atomic mass is 35.5. The van der Waals surface area contributed by atoms with Crippen molar-refractivity contribution in [2.45, 2.75) is 31.3 Å². The molecular weight excluding hydrogens is 378 g/mol.